The second kappa shape index (κ2) is 7.27. The monoisotopic (exact) mass is 401 g/mol. The number of hydrogen-bond acceptors (Lipinski definition) is 2. The predicted octanol–water partition coefficient (Wildman–Crippen LogP) is 4.32. The van der Waals surface area contributed by atoms with Crippen LogP contribution in [0.4, 0.5) is 18.9 Å². The van der Waals surface area contributed by atoms with Crippen LogP contribution in [-0.2, 0) is 22.3 Å². The first-order valence-electron chi connectivity index (χ1n) is 9.15. The number of para-hydroxylation sites is 1. The molecule has 1 atom stereocenters. The molecule has 4 rings (SSSR count). The van der Waals surface area contributed by atoms with E-state index in [2.05, 4.69) is 10.3 Å². The van der Waals surface area contributed by atoms with Crippen molar-refractivity contribution in [1.29, 1.82) is 0 Å². The molecule has 1 aliphatic rings. The molecule has 0 radical (unpaired) electrons. The SMILES string of the molecule is O=C(Nc1ccc(C(F)(F)F)cc1)C1CCC(=O)N1Cc1c[nH]c2ccccc12. The molecule has 3 aromatic rings. The lowest BCUT2D eigenvalue weighted by molar-refractivity contribution is -0.137. The molecule has 1 aliphatic heterocycles. The lowest BCUT2D eigenvalue weighted by Gasteiger charge is -2.24. The molecule has 0 saturated carbocycles. The number of anilines is 1. The third-order valence-electron chi connectivity index (χ3n) is 5.13. The summed E-state index contributed by atoms with van der Waals surface area (Å²) in [5, 5.41) is 3.60. The first kappa shape index (κ1) is 19.0. The van der Waals surface area contributed by atoms with E-state index < -0.39 is 23.7 Å². The zero-order valence-electron chi connectivity index (χ0n) is 15.3. The minimum Gasteiger partial charge on any atom is -0.361 e. The predicted molar refractivity (Wildman–Crippen MR) is 102 cm³/mol. The molecule has 0 bridgehead atoms. The minimum absolute atomic E-state index is 0.122. The number of fused-ring (bicyclic) bond motifs is 1. The number of alkyl halides is 3. The van der Waals surface area contributed by atoms with Gasteiger partial charge in [-0.2, -0.15) is 13.2 Å². The van der Waals surface area contributed by atoms with Gasteiger partial charge in [-0.1, -0.05) is 18.2 Å². The quantitative estimate of drug-likeness (QED) is 0.684. The summed E-state index contributed by atoms with van der Waals surface area (Å²) >= 11 is 0. The zero-order valence-corrected chi connectivity index (χ0v) is 15.3. The summed E-state index contributed by atoms with van der Waals surface area (Å²) in [5.41, 5.74) is 1.32. The highest BCUT2D eigenvalue weighted by Gasteiger charge is 2.36. The summed E-state index contributed by atoms with van der Waals surface area (Å²) in [7, 11) is 0. The molecule has 8 heteroatoms. The number of hydrogen-bond donors (Lipinski definition) is 2. The molecule has 2 N–H and O–H groups in total. The molecular weight excluding hydrogens is 383 g/mol. The van der Waals surface area contributed by atoms with Gasteiger partial charge in [0.25, 0.3) is 0 Å². The first-order valence-corrected chi connectivity index (χ1v) is 9.15. The van der Waals surface area contributed by atoms with Gasteiger partial charge in [0.1, 0.15) is 6.04 Å². The van der Waals surface area contributed by atoms with Crippen molar-refractivity contribution in [2.24, 2.45) is 0 Å². The Morgan fingerprint density at radius 1 is 1.14 bits per heavy atom. The third kappa shape index (κ3) is 3.83. The van der Waals surface area contributed by atoms with E-state index in [4.69, 9.17) is 0 Å². The second-order valence-electron chi connectivity index (χ2n) is 7.00. The average molecular weight is 401 g/mol. The van der Waals surface area contributed by atoms with E-state index in [0.717, 1.165) is 28.6 Å². The third-order valence-corrected chi connectivity index (χ3v) is 5.13. The van der Waals surface area contributed by atoms with E-state index >= 15 is 0 Å². The number of H-pyrrole nitrogens is 1. The number of rotatable bonds is 4. The van der Waals surface area contributed by atoms with Crippen molar-refractivity contribution in [1.82, 2.24) is 9.88 Å². The molecule has 5 nitrogen and oxygen atoms in total. The molecule has 2 amide bonds. The lowest BCUT2D eigenvalue weighted by atomic mass is 10.1. The number of nitrogens with zero attached hydrogens (tertiary/aromatic N) is 1. The smallest absolute Gasteiger partial charge is 0.361 e. The molecule has 1 saturated heterocycles. The van der Waals surface area contributed by atoms with Crippen LogP contribution >= 0.6 is 0 Å². The maximum absolute atomic E-state index is 12.7. The number of halogens is 3. The summed E-state index contributed by atoms with van der Waals surface area (Å²) in [4.78, 5) is 29.7. The summed E-state index contributed by atoms with van der Waals surface area (Å²) < 4.78 is 38.0. The van der Waals surface area contributed by atoms with Crippen LogP contribution in [0.15, 0.2) is 54.7 Å². The van der Waals surface area contributed by atoms with Gasteiger partial charge in [-0.05, 0) is 42.3 Å². The van der Waals surface area contributed by atoms with Gasteiger partial charge in [0.05, 0.1) is 5.56 Å². The summed E-state index contributed by atoms with van der Waals surface area (Å²) in [5.74, 6) is -0.529. The fourth-order valence-electron chi connectivity index (χ4n) is 3.62. The van der Waals surface area contributed by atoms with E-state index in [1.807, 2.05) is 30.5 Å². The maximum atomic E-state index is 12.7. The van der Waals surface area contributed by atoms with Gasteiger partial charge < -0.3 is 15.2 Å². The van der Waals surface area contributed by atoms with E-state index in [9.17, 15) is 22.8 Å². The zero-order chi connectivity index (χ0) is 20.6. The summed E-state index contributed by atoms with van der Waals surface area (Å²) in [6.07, 6.45) is -1.99. The fourth-order valence-corrected chi connectivity index (χ4v) is 3.62. The van der Waals surface area contributed by atoms with Crippen molar-refractivity contribution < 1.29 is 22.8 Å². The van der Waals surface area contributed by atoms with Crippen molar-refractivity contribution in [3.8, 4) is 0 Å². The molecule has 0 spiro atoms. The number of amides is 2. The van der Waals surface area contributed by atoms with Gasteiger partial charge in [-0.15, -0.1) is 0 Å². The Morgan fingerprint density at radius 2 is 1.86 bits per heavy atom. The Morgan fingerprint density at radius 3 is 2.59 bits per heavy atom. The van der Waals surface area contributed by atoms with Crippen LogP contribution in [0.25, 0.3) is 10.9 Å². The highest BCUT2D eigenvalue weighted by Crippen LogP contribution is 2.30. The summed E-state index contributed by atoms with van der Waals surface area (Å²) in [6.45, 7) is 0.286. The van der Waals surface area contributed by atoms with Crippen LogP contribution in [0, 0.1) is 0 Å². The maximum Gasteiger partial charge on any atom is 0.416 e. The molecule has 2 heterocycles. The van der Waals surface area contributed by atoms with Crippen LogP contribution in [0.3, 0.4) is 0 Å². The fraction of sp³-hybridized carbons (Fsp3) is 0.238. The highest BCUT2D eigenvalue weighted by molar-refractivity contribution is 5.99. The topological polar surface area (TPSA) is 65.2 Å². The van der Waals surface area contributed by atoms with Gasteiger partial charge in [0, 0.05) is 35.8 Å². The number of benzene rings is 2. The van der Waals surface area contributed by atoms with Gasteiger partial charge in [0.15, 0.2) is 0 Å². The van der Waals surface area contributed by atoms with Crippen LogP contribution in [-0.4, -0.2) is 27.7 Å². The molecule has 2 aromatic carbocycles. The van der Waals surface area contributed by atoms with E-state index in [-0.39, 0.29) is 24.6 Å². The lowest BCUT2D eigenvalue weighted by Crippen LogP contribution is -2.41. The second-order valence-corrected chi connectivity index (χ2v) is 7.00. The molecule has 1 fully saturated rings. The number of carbonyl (C=O) groups is 2. The van der Waals surface area contributed by atoms with Crippen molar-refractivity contribution in [3.63, 3.8) is 0 Å². The highest BCUT2D eigenvalue weighted by atomic mass is 19.4. The van der Waals surface area contributed by atoms with Crippen molar-refractivity contribution in [2.75, 3.05) is 5.32 Å². The minimum atomic E-state index is -4.43. The average Bonchev–Trinajstić information content (AvgIpc) is 3.26. The van der Waals surface area contributed by atoms with Crippen LogP contribution in [0.5, 0.6) is 0 Å². The molecule has 1 aromatic heterocycles. The van der Waals surface area contributed by atoms with Crippen LogP contribution in [0.2, 0.25) is 0 Å². The van der Waals surface area contributed by atoms with E-state index in [0.29, 0.717) is 6.42 Å². The molecule has 150 valence electrons. The Hall–Kier alpha value is -3.29. The van der Waals surface area contributed by atoms with E-state index in [1.165, 1.54) is 17.0 Å². The van der Waals surface area contributed by atoms with Gasteiger partial charge in [-0.25, -0.2) is 0 Å². The Bertz CT molecular complexity index is 1060. The standard InChI is InChI=1S/C21H18F3N3O2/c22-21(23,24)14-5-7-15(8-6-14)26-20(29)18-9-10-19(28)27(18)12-13-11-25-17-4-2-1-3-16(13)17/h1-8,11,18,25H,9-10,12H2,(H,26,29). The molecule has 0 aliphatic carbocycles. The number of nitrogens with one attached hydrogen (secondary N) is 2. The Kier molecular flexibility index (Phi) is 4.77. The van der Waals surface area contributed by atoms with Gasteiger partial charge in [0.2, 0.25) is 11.8 Å². The van der Waals surface area contributed by atoms with Gasteiger partial charge >= 0.3 is 6.18 Å². The molecule has 1 unspecified atom stereocenters. The van der Waals surface area contributed by atoms with Gasteiger partial charge in [-0.3, -0.25) is 9.59 Å². The largest absolute Gasteiger partial charge is 0.416 e. The first-order chi connectivity index (χ1) is 13.8. The normalized spacial score (nSPS) is 17.1. The number of aromatic nitrogens is 1. The number of likely N-dealkylation sites (tertiary alicyclic amines) is 1. The van der Waals surface area contributed by atoms with E-state index in [1.54, 1.807) is 0 Å². The molecular formula is C21H18F3N3O2. The van der Waals surface area contributed by atoms with Crippen LogP contribution in [0.1, 0.15) is 24.0 Å². The van der Waals surface area contributed by atoms with Crippen molar-refractivity contribution >= 4 is 28.4 Å². The molecule has 29 heavy (non-hydrogen) atoms. The number of aromatic amines is 1. The number of carbonyl (C=O) groups excluding carboxylic acids is 2. The summed E-state index contributed by atoms with van der Waals surface area (Å²) in [6, 6.07) is 11.3. The Balaban J connectivity index is 1.49. The van der Waals surface area contributed by atoms with Crippen molar-refractivity contribution in [2.45, 2.75) is 31.6 Å². The van der Waals surface area contributed by atoms with Crippen LogP contribution < -0.4 is 5.32 Å². The Labute approximate surface area is 164 Å². The van der Waals surface area contributed by atoms with Crippen molar-refractivity contribution in [3.05, 3.63) is 65.9 Å².